The number of rotatable bonds is 5. The number of fused-ring (bicyclic) bond motifs is 1. The van der Waals surface area contributed by atoms with Crippen LogP contribution in [0.15, 0.2) is 42.7 Å². The van der Waals surface area contributed by atoms with E-state index in [-0.39, 0.29) is 0 Å². The Bertz CT molecular complexity index is 609. The van der Waals surface area contributed by atoms with Gasteiger partial charge in [0.05, 0.1) is 0 Å². The van der Waals surface area contributed by atoms with Crippen LogP contribution in [0.1, 0.15) is 29.5 Å². The van der Waals surface area contributed by atoms with Gasteiger partial charge < -0.3 is 10.6 Å². The van der Waals surface area contributed by atoms with Crippen molar-refractivity contribution in [2.75, 3.05) is 19.3 Å². The Kier molecular flexibility index (Phi) is 4.74. The molecule has 1 unspecified atom stereocenters. The molecular formula is C19H25N3. The summed E-state index contributed by atoms with van der Waals surface area (Å²) in [6, 6.07) is 11.2. The molecule has 0 fully saturated rings. The monoisotopic (exact) mass is 295 g/mol. The van der Waals surface area contributed by atoms with Crippen LogP contribution in [0.3, 0.4) is 0 Å². The molecule has 0 radical (unpaired) electrons. The minimum Gasteiger partial charge on any atom is -0.398 e. The highest BCUT2D eigenvalue weighted by atomic mass is 15.1. The third kappa shape index (κ3) is 3.47. The molecule has 0 amide bonds. The third-order valence-corrected chi connectivity index (χ3v) is 4.81. The normalized spacial score (nSPS) is 17.5. The number of nitrogens with two attached hydrogens (primary N) is 1. The van der Waals surface area contributed by atoms with Gasteiger partial charge >= 0.3 is 0 Å². The summed E-state index contributed by atoms with van der Waals surface area (Å²) < 4.78 is 0. The van der Waals surface area contributed by atoms with Gasteiger partial charge in [-0.15, -0.1) is 0 Å². The standard InChI is InChI=1S/C19H25N3/c1-22(12-4-6-15-5-3-11-21-14-15)17-9-10-18-16(13-17)7-2-8-19(18)20/h2-3,5,7-8,11,14,17H,4,6,9-10,12-13,20H2,1H3. The maximum atomic E-state index is 6.09. The lowest BCUT2D eigenvalue weighted by molar-refractivity contribution is 0.220. The van der Waals surface area contributed by atoms with Crippen LogP contribution in [-0.2, 0) is 19.3 Å². The van der Waals surface area contributed by atoms with Gasteiger partial charge in [-0.3, -0.25) is 4.98 Å². The zero-order chi connectivity index (χ0) is 15.4. The molecule has 1 aliphatic rings. The van der Waals surface area contributed by atoms with Crippen molar-refractivity contribution < 1.29 is 0 Å². The Hall–Kier alpha value is -1.87. The average molecular weight is 295 g/mol. The Morgan fingerprint density at radius 3 is 3.00 bits per heavy atom. The van der Waals surface area contributed by atoms with Crippen LogP contribution < -0.4 is 5.73 Å². The fourth-order valence-electron chi connectivity index (χ4n) is 3.45. The van der Waals surface area contributed by atoms with Gasteiger partial charge in [-0.25, -0.2) is 0 Å². The second kappa shape index (κ2) is 6.93. The molecule has 1 aromatic carbocycles. The molecule has 0 saturated carbocycles. The Morgan fingerprint density at radius 1 is 1.27 bits per heavy atom. The summed E-state index contributed by atoms with van der Waals surface area (Å²) in [6.07, 6.45) is 9.55. The molecule has 1 aromatic heterocycles. The van der Waals surface area contributed by atoms with E-state index in [9.17, 15) is 0 Å². The van der Waals surface area contributed by atoms with E-state index in [4.69, 9.17) is 5.73 Å². The lowest BCUT2D eigenvalue weighted by Crippen LogP contribution is -2.37. The largest absolute Gasteiger partial charge is 0.398 e. The van der Waals surface area contributed by atoms with E-state index in [0.717, 1.165) is 31.5 Å². The molecule has 3 nitrogen and oxygen atoms in total. The lowest BCUT2D eigenvalue weighted by atomic mass is 9.86. The molecule has 116 valence electrons. The minimum atomic E-state index is 0.642. The highest BCUT2D eigenvalue weighted by molar-refractivity contribution is 5.52. The van der Waals surface area contributed by atoms with Gasteiger partial charge in [0, 0.05) is 24.1 Å². The molecule has 0 saturated heterocycles. The van der Waals surface area contributed by atoms with Gasteiger partial charge in [0.2, 0.25) is 0 Å². The number of hydrogen-bond donors (Lipinski definition) is 1. The predicted octanol–water partition coefficient (Wildman–Crippen LogP) is 3.09. The van der Waals surface area contributed by atoms with E-state index in [0.29, 0.717) is 6.04 Å². The highest BCUT2D eigenvalue weighted by Gasteiger charge is 2.22. The molecule has 0 aliphatic heterocycles. The summed E-state index contributed by atoms with van der Waals surface area (Å²) in [7, 11) is 2.26. The van der Waals surface area contributed by atoms with Crippen molar-refractivity contribution in [1.82, 2.24) is 9.88 Å². The number of anilines is 1. The first-order chi connectivity index (χ1) is 10.7. The maximum absolute atomic E-state index is 6.09. The predicted molar refractivity (Wildman–Crippen MR) is 91.9 cm³/mol. The maximum Gasteiger partial charge on any atom is 0.0349 e. The van der Waals surface area contributed by atoms with Gasteiger partial charge in [-0.05, 0) is 74.5 Å². The van der Waals surface area contributed by atoms with Crippen molar-refractivity contribution in [3.8, 4) is 0 Å². The van der Waals surface area contributed by atoms with E-state index < -0.39 is 0 Å². The topological polar surface area (TPSA) is 42.2 Å². The molecule has 2 aromatic rings. The summed E-state index contributed by atoms with van der Waals surface area (Å²) >= 11 is 0. The first-order valence-corrected chi connectivity index (χ1v) is 8.19. The second-order valence-corrected chi connectivity index (χ2v) is 6.33. The van der Waals surface area contributed by atoms with Crippen LogP contribution >= 0.6 is 0 Å². The quantitative estimate of drug-likeness (QED) is 0.862. The SMILES string of the molecule is CN(CCCc1cccnc1)C1CCc2c(N)cccc2C1. The molecule has 1 atom stereocenters. The zero-order valence-corrected chi connectivity index (χ0v) is 13.3. The number of nitrogens with zero attached hydrogens (tertiary/aromatic N) is 2. The van der Waals surface area contributed by atoms with Crippen molar-refractivity contribution in [3.63, 3.8) is 0 Å². The van der Waals surface area contributed by atoms with E-state index in [1.807, 2.05) is 24.5 Å². The van der Waals surface area contributed by atoms with E-state index in [1.165, 1.54) is 29.5 Å². The molecule has 3 heteroatoms. The highest BCUT2D eigenvalue weighted by Crippen LogP contribution is 2.28. The number of nitrogen functional groups attached to an aromatic ring is 1. The smallest absolute Gasteiger partial charge is 0.0349 e. The van der Waals surface area contributed by atoms with Gasteiger partial charge in [-0.2, -0.15) is 0 Å². The molecule has 0 spiro atoms. The first kappa shape index (κ1) is 15.0. The summed E-state index contributed by atoms with van der Waals surface area (Å²) in [6.45, 7) is 1.14. The van der Waals surface area contributed by atoms with Crippen LogP contribution in [0.25, 0.3) is 0 Å². The van der Waals surface area contributed by atoms with Crippen LogP contribution in [0.4, 0.5) is 5.69 Å². The van der Waals surface area contributed by atoms with Crippen molar-refractivity contribution in [1.29, 1.82) is 0 Å². The minimum absolute atomic E-state index is 0.642. The molecule has 2 N–H and O–H groups in total. The Balaban J connectivity index is 1.52. The number of benzene rings is 1. The van der Waals surface area contributed by atoms with E-state index in [2.05, 4.69) is 35.1 Å². The summed E-state index contributed by atoms with van der Waals surface area (Å²) in [5.41, 5.74) is 11.2. The molecule has 3 rings (SSSR count). The van der Waals surface area contributed by atoms with Crippen molar-refractivity contribution in [2.24, 2.45) is 0 Å². The van der Waals surface area contributed by atoms with Crippen LogP contribution in [-0.4, -0.2) is 29.5 Å². The fourth-order valence-corrected chi connectivity index (χ4v) is 3.45. The first-order valence-electron chi connectivity index (χ1n) is 8.19. The third-order valence-electron chi connectivity index (χ3n) is 4.81. The summed E-state index contributed by atoms with van der Waals surface area (Å²) in [5, 5.41) is 0. The van der Waals surface area contributed by atoms with Gasteiger partial charge in [0.15, 0.2) is 0 Å². The Labute approximate surface area is 133 Å². The second-order valence-electron chi connectivity index (χ2n) is 6.33. The van der Waals surface area contributed by atoms with Crippen LogP contribution in [0, 0.1) is 0 Å². The Morgan fingerprint density at radius 2 is 2.18 bits per heavy atom. The van der Waals surface area contributed by atoms with Crippen molar-refractivity contribution in [2.45, 2.75) is 38.1 Å². The number of pyridine rings is 1. The number of hydrogen-bond acceptors (Lipinski definition) is 3. The van der Waals surface area contributed by atoms with Gasteiger partial charge in [0.25, 0.3) is 0 Å². The van der Waals surface area contributed by atoms with Gasteiger partial charge in [-0.1, -0.05) is 18.2 Å². The molecule has 1 heterocycles. The van der Waals surface area contributed by atoms with E-state index in [1.54, 1.807) is 0 Å². The van der Waals surface area contributed by atoms with Crippen LogP contribution in [0.5, 0.6) is 0 Å². The summed E-state index contributed by atoms with van der Waals surface area (Å²) in [4.78, 5) is 6.70. The summed E-state index contributed by atoms with van der Waals surface area (Å²) in [5.74, 6) is 0. The fraction of sp³-hybridized carbons (Fsp3) is 0.421. The lowest BCUT2D eigenvalue weighted by Gasteiger charge is -2.33. The number of likely N-dealkylation sites (N-methyl/N-ethyl adjacent to an activating group) is 1. The van der Waals surface area contributed by atoms with Crippen LogP contribution in [0.2, 0.25) is 0 Å². The van der Waals surface area contributed by atoms with Crippen molar-refractivity contribution >= 4 is 5.69 Å². The van der Waals surface area contributed by atoms with Gasteiger partial charge in [0.1, 0.15) is 0 Å². The van der Waals surface area contributed by atoms with E-state index >= 15 is 0 Å². The molecule has 22 heavy (non-hydrogen) atoms. The zero-order valence-electron chi connectivity index (χ0n) is 13.3. The van der Waals surface area contributed by atoms with Crippen molar-refractivity contribution in [3.05, 3.63) is 59.4 Å². The number of aryl methyl sites for hydroxylation is 1. The molecule has 0 bridgehead atoms. The molecule has 1 aliphatic carbocycles. The average Bonchev–Trinajstić information content (AvgIpc) is 2.55. The molecular weight excluding hydrogens is 270 g/mol. The number of aromatic nitrogens is 1.